The van der Waals surface area contributed by atoms with Gasteiger partial charge >= 0.3 is 0 Å². The summed E-state index contributed by atoms with van der Waals surface area (Å²) in [5.74, 6) is 0. The Bertz CT molecular complexity index is 558. The predicted molar refractivity (Wildman–Crippen MR) is 84.2 cm³/mol. The summed E-state index contributed by atoms with van der Waals surface area (Å²) < 4.78 is 0. The molecule has 2 fully saturated rings. The van der Waals surface area contributed by atoms with E-state index in [-0.39, 0.29) is 10.7 Å². The Hall–Kier alpha value is -1.33. The van der Waals surface area contributed by atoms with Crippen molar-refractivity contribution >= 4 is 23.0 Å². The van der Waals surface area contributed by atoms with Crippen LogP contribution in [0.25, 0.3) is 0 Å². The lowest BCUT2D eigenvalue weighted by Gasteiger charge is -2.32. The molecular weight excluding hydrogens is 290 g/mol. The standard InChI is InChI=1S/C15H20ClN3O2/c1-10-8-15(19(20)21)11(16)9-14(10)18-7-3-5-13(18)12-4-2-6-17-12/h8-9,12-13,17H,2-7H2,1H3. The van der Waals surface area contributed by atoms with Gasteiger partial charge in [0.2, 0.25) is 0 Å². The topological polar surface area (TPSA) is 58.4 Å². The molecule has 1 aromatic carbocycles. The summed E-state index contributed by atoms with van der Waals surface area (Å²) in [5.41, 5.74) is 1.96. The van der Waals surface area contributed by atoms with Gasteiger partial charge in [-0.3, -0.25) is 10.1 Å². The fourth-order valence-electron chi connectivity index (χ4n) is 3.65. The quantitative estimate of drug-likeness (QED) is 0.687. The SMILES string of the molecule is Cc1cc([N+](=O)[O-])c(Cl)cc1N1CCCC1C1CCCN1. The molecule has 6 heteroatoms. The Morgan fingerprint density at radius 2 is 2.19 bits per heavy atom. The first-order chi connectivity index (χ1) is 10.1. The normalized spacial score (nSPS) is 25.5. The molecule has 2 aliphatic rings. The van der Waals surface area contributed by atoms with Crippen molar-refractivity contribution in [3.05, 3.63) is 32.8 Å². The monoisotopic (exact) mass is 309 g/mol. The molecule has 21 heavy (non-hydrogen) atoms. The summed E-state index contributed by atoms with van der Waals surface area (Å²) in [6.07, 6.45) is 4.78. The molecular formula is C15H20ClN3O2. The van der Waals surface area contributed by atoms with Crippen LogP contribution in [0.5, 0.6) is 0 Å². The van der Waals surface area contributed by atoms with E-state index in [0.29, 0.717) is 12.1 Å². The van der Waals surface area contributed by atoms with Gasteiger partial charge in [0.15, 0.2) is 0 Å². The molecule has 114 valence electrons. The molecule has 0 aromatic heterocycles. The van der Waals surface area contributed by atoms with Crippen molar-refractivity contribution in [2.75, 3.05) is 18.0 Å². The second-order valence-corrected chi connectivity index (χ2v) is 6.36. The fraction of sp³-hybridized carbons (Fsp3) is 0.600. The van der Waals surface area contributed by atoms with Crippen LogP contribution in [0.1, 0.15) is 31.2 Å². The highest BCUT2D eigenvalue weighted by molar-refractivity contribution is 6.33. The molecule has 3 rings (SSSR count). The highest BCUT2D eigenvalue weighted by Crippen LogP contribution is 2.37. The van der Waals surface area contributed by atoms with Crippen molar-refractivity contribution in [3.63, 3.8) is 0 Å². The number of nitrogens with zero attached hydrogens (tertiary/aromatic N) is 2. The van der Waals surface area contributed by atoms with E-state index in [1.165, 1.54) is 19.3 Å². The zero-order valence-corrected chi connectivity index (χ0v) is 12.9. The van der Waals surface area contributed by atoms with Gasteiger partial charge in [0, 0.05) is 30.4 Å². The number of aryl methyl sites for hydroxylation is 1. The van der Waals surface area contributed by atoms with Gasteiger partial charge in [0.1, 0.15) is 5.02 Å². The van der Waals surface area contributed by atoms with Crippen LogP contribution in [-0.2, 0) is 0 Å². The maximum atomic E-state index is 11.0. The van der Waals surface area contributed by atoms with Crippen LogP contribution in [0.15, 0.2) is 12.1 Å². The van der Waals surface area contributed by atoms with Gasteiger partial charge in [-0.05, 0) is 50.8 Å². The van der Waals surface area contributed by atoms with Crippen molar-refractivity contribution in [2.45, 2.75) is 44.7 Å². The lowest BCUT2D eigenvalue weighted by Crippen LogP contribution is -2.44. The van der Waals surface area contributed by atoms with Crippen molar-refractivity contribution in [3.8, 4) is 0 Å². The highest BCUT2D eigenvalue weighted by atomic mass is 35.5. The maximum Gasteiger partial charge on any atom is 0.288 e. The summed E-state index contributed by atoms with van der Waals surface area (Å²) in [4.78, 5) is 12.9. The molecule has 1 aromatic rings. The number of hydrogen-bond donors (Lipinski definition) is 1. The largest absolute Gasteiger partial charge is 0.367 e. The maximum absolute atomic E-state index is 11.0. The van der Waals surface area contributed by atoms with Crippen molar-refractivity contribution < 1.29 is 4.92 Å². The van der Waals surface area contributed by atoms with Gasteiger partial charge in [-0.25, -0.2) is 0 Å². The molecule has 0 saturated carbocycles. The van der Waals surface area contributed by atoms with Crippen molar-refractivity contribution in [1.82, 2.24) is 5.32 Å². The van der Waals surface area contributed by atoms with Crippen LogP contribution >= 0.6 is 11.6 Å². The molecule has 5 nitrogen and oxygen atoms in total. The first-order valence-corrected chi connectivity index (χ1v) is 7.90. The second kappa shape index (κ2) is 5.81. The van der Waals surface area contributed by atoms with E-state index in [4.69, 9.17) is 11.6 Å². The van der Waals surface area contributed by atoms with Gasteiger partial charge in [0.25, 0.3) is 5.69 Å². The molecule has 0 radical (unpaired) electrons. The summed E-state index contributed by atoms with van der Waals surface area (Å²) in [6.45, 7) is 4.02. The fourth-order valence-corrected chi connectivity index (χ4v) is 3.88. The number of halogens is 1. The van der Waals surface area contributed by atoms with E-state index in [1.807, 2.05) is 6.92 Å². The van der Waals surface area contributed by atoms with Crippen LogP contribution < -0.4 is 10.2 Å². The number of anilines is 1. The minimum Gasteiger partial charge on any atom is -0.367 e. The Labute approximate surface area is 129 Å². The molecule has 2 saturated heterocycles. The average Bonchev–Trinajstić information content (AvgIpc) is 3.09. The Morgan fingerprint density at radius 3 is 2.86 bits per heavy atom. The number of nitro groups is 1. The highest BCUT2D eigenvalue weighted by Gasteiger charge is 2.34. The molecule has 1 N–H and O–H groups in total. The lowest BCUT2D eigenvalue weighted by molar-refractivity contribution is -0.384. The van der Waals surface area contributed by atoms with E-state index in [0.717, 1.165) is 30.8 Å². The van der Waals surface area contributed by atoms with Crippen LogP contribution in [0, 0.1) is 17.0 Å². The minimum atomic E-state index is -0.418. The van der Waals surface area contributed by atoms with Crippen molar-refractivity contribution in [1.29, 1.82) is 0 Å². The van der Waals surface area contributed by atoms with E-state index in [1.54, 1.807) is 12.1 Å². The number of nitro benzene ring substituents is 1. The molecule has 2 unspecified atom stereocenters. The number of rotatable bonds is 3. The average molecular weight is 310 g/mol. The first-order valence-electron chi connectivity index (χ1n) is 7.52. The molecule has 2 atom stereocenters. The molecule has 0 amide bonds. The smallest absolute Gasteiger partial charge is 0.288 e. The van der Waals surface area contributed by atoms with Gasteiger partial charge in [-0.2, -0.15) is 0 Å². The summed E-state index contributed by atoms with van der Waals surface area (Å²) >= 11 is 6.10. The molecule has 2 heterocycles. The summed E-state index contributed by atoms with van der Waals surface area (Å²) in [6, 6.07) is 4.36. The summed E-state index contributed by atoms with van der Waals surface area (Å²) in [7, 11) is 0. The predicted octanol–water partition coefficient (Wildman–Crippen LogP) is 3.28. The Balaban J connectivity index is 1.91. The third-order valence-corrected chi connectivity index (χ3v) is 4.94. The minimum absolute atomic E-state index is 0.00680. The zero-order chi connectivity index (χ0) is 15.0. The Kier molecular flexibility index (Phi) is 4.04. The molecule has 0 bridgehead atoms. The van der Waals surface area contributed by atoms with E-state index >= 15 is 0 Å². The van der Waals surface area contributed by atoms with Crippen molar-refractivity contribution in [2.24, 2.45) is 0 Å². The third-order valence-electron chi connectivity index (χ3n) is 4.63. The first kappa shape index (κ1) is 14.6. The third kappa shape index (κ3) is 2.72. The van der Waals surface area contributed by atoms with E-state index < -0.39 is 4.92 Å². The van der Waals surface area contributed by atoms with Gasteiger partial charge < -0.3 is 10.2 Å². The number of benzene rings is 1. The molecule has 0 spiro atoms. The van der Waals surface area contributed by atoms with E-state index in [2.05, 4.69) is 10.2 Å². The van der Waals surface area contributed by atoms with Gasteiger partial charge in [-0.15, -0.1) is 0 Å². The zero-order valence-electron chi connectivity index (χ0n) is 12.1. The van der Waals surface area contributed by atoms with Crippen LogP contribution in [0.4, 0.5) is 11.4 Å². The van der Waals surface area contributed by atoms with Crippen LogP contribution in [0.3, 0.4) is 0 Å². The van der Waals surface area contributed by atoms with Gasteiger partial charge in [0.05, 0.1) is 4.92 Å². The lowest BCUT2D eigenvalue weighted by atomic mass is 10.0. The van der Waals surface area contributed by atoms with Crippen LogP contribution in [0.2, 0.25) is 5.02 Å². The molecule has 2 aliphatic heterocycles. The number of nitrogens with one attached hydrogen (secondary N) is 1. The Morgan fingerprint density at radius 1 is 1.38 bits per heavy atom. The second-order valence-electron chi connectivity index (χ2n) is 5.95. The molecule has 0 aliphatic carbocycles. The summed E-state index contributed by atoms with van der Waals surface area (Å²) in [5, 5.41) is 14.8. The number of hydrogen-bond acceptors (Lipinski definition) is 4. The van der Waals surface area contributed by atoms with Gasteiger partial charge in [-0.1, -0.05) is 11.6 Å². The van der Waals surface area contributed by atoms with E-state index in [9.17, 15) is 10.1 Å². The van der Waals surface area contributed by atoms with Crippen LogP contribution in [-0.4, -0.2) is 30.1 Å².